The zero-order valence-electron chi connectivity index (χ0n) is 10.5. The second-order valence-corrected chi connectivity index (χ2v) is 3.91. The number of nitrogens with one attached hydrogen (secondary N) is 1. The van der Waals surface area contributed by atoms with Gasteiger partial charge in [0.15, 0.2) is 0 Å². The summed E-state index contributed by atoms with van der Waals surface area (Å²) in [6, 6.07) is 1.39. The number of anilines is 2. The van der Waals surface area contributed by atoms with Crippen molar-refractivity contribution < 1.29 is 14.6 Å². The van der Waals surface area contributed by atoms with E-state index in [9.17, 15) is 4.79 Å². The molecule has 6 heteroatoms. The van der Waals surface area contributed by atoms with Crippen molar-refractivity contribution in [2.24, 2.45) is 0 Å². The predicted molar refractivity (Wildman–Crippen MR) is 69.8 cm³/mol. The van der Waals surface area contributed by atoms with E-state index < -0.39 is 5.97 Å². The molecular weight excluding hydrogens is 234 g/mol. The van der Waals surface area contributed by atoms with Gasteiger partial charge >= 0.3 is 5.97 Å². The van der Waals surface area contributed by atoms with Gasteiger partial charge in [-0.05, 0) is 25.3 Å². The summed E-state index contributed by atoms with van der Waals surface area (Å²) in [5.41, 5.74) is 5.98. The highest BCUT2D eigenvalue weighted by molar-refractivity contribution is 5.96. The van der Waals surface area contributed by atoms with Gasteiger partial charge in [-0.25, -0.2) is 9.78 Å². The Morgan fingerprint density at radius 3 is 2.94 bits per heavy atom. The Balaban J connectivity index is 2.43. The molecule has 1 aromatic rings. The highest BCUT2D eigenvalue weighted by Gasteiger charge is 2.11. The number of methoxy groups -OCH3 is 1. The van der Waals surface area contributed by atoms with Crippen LogP contribution in [0.1, 0.15) is 29.6 Å². The molecule has 0 amide bonds. The van der Waals surface area contributed by atoms with Crippen LogP contribution in [0.3, 0.4) is 0 Å². The van der Waals surface area contributed by atoms with Crippen LogP contribution in [0.5, 0.6) is 0 Å². The molecule has 0 aromatic carbocycles. The minimum Gasteiger partial charge on any atom is -0.478 e. The first kappa shape index (κ1) is 14.2. The van der Waals surface area contributed by atoms with Crippen molar-refractivity contribution in [2.75, 3.05) is 31.3 Å². The largest absolute Gasteiger partial charge is 0.478 e. The van der Waals surface area contributed by atoms with Crippen LogP contribution in [0.4, 0.5) is 11.5 Å². The monoisotopic (exact) mass is 253 g/mol. The molecule has 0 bridgehead atoms. The Labute approximate surface area is 106 Å². The van der Waals surface area contributed by atoms with Crippen LogP contribution in [0.2, 0.25) is 0 Å². The Bertz CT molecular complexity index is 396. The maximum Gasteiger partial charge on any atom is 0.337 e. The van der Waals surface area contributed by atoms with Gasteiger partial charge < -0.3 is 20.9 Å². The summed E-state index contributed by atoms with van der Waals surface area (Å²) >= 11 is 0. The lowest BCUT2D eigenvalue weighted by atomic mass is 10.2. The maximum absolute atomic E-state index is 10.9. The van der Waals surface area contributed by atoms with E-state index in [1.807, 2.05) is 0 Å². The third-order valence-corrected chi connectivity index (χ3v) is 2.54. The first-order chi connectivity index (χ1) is 8.66. The number of hydrogen-bond acceptors (Lipinski definition) is 5. The van der Waals surface area contributed by atoms with Gasteiger partial charge in [0.2, 0.25) is 0 Å². The number of nitrogen functional groups attached to an aromatic ring is 1. The van der Waals surface area contributed by atoms with E-state index >= 15 is 0 Å². The zero-order chi connectivity index (χ0) is 13.4. The molecule has 6 nitrogen and oxygen atoms in total. The van der Waals surface area contributed by atoms with Crippen LogP contribution in [-0.4, -0.2) is 36.3 Å². The third-order valence-electron chi connectivity index (χ3n) is 2.54. The molecule has 1 heterocycles. The summed E-state index contributed by atoms with van der Waals surface area (Å²) in [7, 11) is 1.68. The maximum atomic E-state index is 10.9. The Kier molecular flexibility index (Phi) is 5.93. The number of pyridine rings is 1. The fourth-order valence-corrected chi connectivity index (χ4v) is 1.56. The number of carboxylic acids is 1. The molecule has 4 N–H and O–H groups in total. The zero-order valence-corrected chi connectivity index (χ0v) is 10.5. The molecule has 0 radical (unpaired) electrons. The summed E-state index contributed by atoms with van der Waals surface area (Å²) < 4.78 is 4.95. The van der Waals surface area contributed by atoms with Gasteiger partial charge in [-0.1, -0.05) is 0 Å². The number of aromatic carboxylic acids is 1. The van der Waals surface area contributed by atoms with E-state index in [0.29, 0.717) is 12.4 Å². The Morgan fingerprint density at radius 2 is 2.28 bits per heavy atom. The molecule has 0 fully saturated rings. The minimum atomic E-state index is -1.04. The summed E-state index contributed by atoms with van der Waals surface area (Å²) in [5.74, 6) is -0.611. The summed E-state index contributed by atoms with van der Waals surface area (Å²) in [4.78, 5) is 14.9. The predicted octanol–water partition coefficient (Wildman–Crippen LogP) is 1.59. The van der Waals surface area contributed by atoms with Crippen molar-refractivity contribution in [3.8, 4) is 0 Å². The minimum absolute atomic E-state index is 0.0758. The van der Waals surface area contributed by atoms with Gasteiger partial charge in [-0.3, -0.25) is 0 Å². The molecule has 1 aromatic heterocycles. The van der Waals surface area contributed by atoms with Crippen molar-refractivity contribution in [3.63, 3.8) is 0 Å². The van der Waals surface area contributed by atoms with Gasteiger partial charge in [-0.2, -0.15) is 0 Å². The average Bonchev–Trinajstić information content (AvgIpc) is 2.35. The molecule has 0 saturated heterocycles. The van der Waals surface area contributed by atoms with E-state index in [4.69, 9.17) is 15.6 Å². The van der Waals surface area contributed by atoms with Gasteiger partial charge in [-0.15, -0.1) is 0 Å². The molecule has 0 aliphatic rings. The number of nitrogens with two attached hydrogens (primary N) is 1. The lowest BCUT2D eigenvalue weighted by molar-refractivity contribution is 0.0698. The lowest BCUT2D eigenvalue weighted by Crippen LogP contribution is -2.10. The quantitative estimate of drug-likeness (QED) is 0.609. The van der Waals surface area contributed by atoms with E-state index in [1.54, 1.807) is 7.11 Å². The van der Waals surface area contributed by atoms with Crippen molar-refractivity contribution in [1.82, 2.24) is 4.98 Å². The number of ether oxygens (including phenoxy) is 1. The Morgan fingerprint density at radius 1 is 1.50 bits per heavy atom. The molecule has 0 aliphatic heterocycles. The van der Waals surface area contributed by atoms with Crippen molar-refractivity contribution in [3.05, 3.63) is 17.8 Å². The number of carbonyl (C=O) groups is 1. The van der Waals surface area contributed by atoms with Crippen LogP contribution >= 0.6 is 0 Å². The topological polar surface area (TPSA) is 97.5 Å². The van der Waals surface area contributed by atoms with E-state index in [-0.39, 0.29) is 11.3 Å². The number of hydrogen-bond donors (Lipinski definition) is 3. The number of carboxylic acid groups (broad SMARTS) is 1. The van der Waals surface area contributed by atoms with Crippen LogP contribution in [0.15, 0.2) is 12.3 Å². The smallest absolute Gasteiger partial charge is 0.337 e. The molecule has 0 aliphatic carbocycles. The second-order valence-electron chi connectivity index (χ2n) is 3.91. The highest BCUT2D eigenvalue weighted by atomic mass is 16.5. The first-order valence-electron chi connectivity index (χ1n) is 5.87. The number of aromatic nitrogens is 1. The van der Waals surface area contributed by atoms with Crippen molar-refractivity contribution >= 4 is 17.5 Å². The van der Waals surface area contributed by atoms with Crippen LogP contribution in [0, 0.1) is 0 Å². The van der Waals surface area contributed by atoms with Gasteiger partial charge in [0.05, 0.1) is 11.3 Å². The summed E-state index contributed by atoms with van der Waals surface area (Å²) in [6.07, 6.45) is 4.45. The molecule has 0 unspecified atom stereocenters. The number of nitrogens with zero attached hydrogens (tertiary/aromatic N) is 1. The molecular formula is C12H19N3O3. The molecule has 0 atom stereocenters. The Hall–Kier alpha value is -1.82. The second kappa shape index (κ2) is 7.50. The molecule has 0 spiro atoms. The summed E-state index contributed by atoms with van der Waals surface area (Å²) in [5, 5.41) is 12.0. The molecule has 0 saturated carbocycles. The fourth-order valence-electron chi connectivity index (χ4n) is 1.56. The fraction of sp³-hybridized carbons (Fsp3) is 0.500. The molecule has 100 valence electrons. The molecule has 1 rings (SSSR count). The standard InChI is InChI=1S/C12H19N3O3/c1-18-8-4-2-3-6-14-11-10(13)9(12(16)17)5-7-15-11/h5,7H,2-4,6,8,13H2,1H3,(H,14,15)(H,16,17). The van der Waals surface area contributed by atoms with Crippen LogP contribution in [-0.2, 0) is 4.74 Å². The van der Waals surface area contributed by atoms with E-state index in [2.05, 4.69) is 10.3 Å². The normalized spacial score (nSPS) is 10.3. The summed E-state index contributed by atoms with van der Waals surface area (Å²) in [6.45, 7) is 1.47. The van der Waals surface area contributed by atoms with Gasteiger partial charge in [0.25, 0.3) is 0 Å². The van der Waals surface area contributed by atoms with Crippen LogP contribution < -0.4 is 11.1 Å². The highest BCUT2D eigenvalue weighted by Crippen LogP contribution is 2.19. The first-order valence-corrected chi connectivity index (χ1v) is 5.87. The number of unbranched alkanes of at least 4 members (excludes halogenated alkanes) is 2. The van der Waals surface area contributed by atoms with Crippen LogP contribution in [0.25, 0.3) is 0 Å². The van der Waals surface area contributed by atoms with Gasteiger partial charge in [0, 0.05) is 26.5 Å². The number of rotatable bonds is 8. The average molecular weight is 253 g/mol. The van der Waals surface area contributed by atoms with E-state index in [0.717, 1.165) is 25.9 Å². The SMILES string of the molecule is COCCCCCNc1nccc(C(=O)O)c1N. The van der Waals surface area contributed by atoms with Gasteiger partial charge in [0.1, 0.15) is 5.82 Å². The van der Waals surface area contributed by atoms with Crippen molar-refractivity contribution in [2.45, 2.75) is 19.3 Å². The van der Waals surface area contributed by atoms with Crippen molar-refractivity contribution in [1.29, 1.82) is 0 Å². The van der Waals surface area contributed by atoms with E-state index in [1.165, 1.54) is 12.3 Å². The lowest BCUT2D eigenvalue weighted by Gasteiger charge is -2.09. The third kappa shape index (κ3) is 4.21. The molecule has 18 heavy (non-hydrogen) atoms.